The van der Waals surface area contributed by atoms with E-state index in [4.69, 9.17) is 9.47 Å². The van der Waals surface area contributed by atoms with Crippen molar-refractivity contribution in [3.63, 3.8) is 0 Å². The zero-order valence-corrected chi connectivity index (χ0v) is 14.2. The monoisotopic (exact) mass is 337 g/mol. The summed E-state index contributed by atoms with van der Waals surface area (Å²) in [4.78, 5) is 14.2. The molecule has 2 fully saturated rings. The van der Waals surface area contributed by atoms with Gasteiger partial charge in [-0.05, 0) is 42.4 Å². The number of amides is 1. The molecule has 1 saturated carbocycles. The van der Waals surface area contributed by atoms with Crippen LogP contribution in [0, 0.1) is 11.8 Å². The first-order valence-corrected chi connectivity index (χ1v) is 8.95. The molecule has 2 unspecified atom stereocenters. The Morgan fingerprint density at radius 3 is 2.16 bits per heavy atom. The molecule has 0 radical (unpaired) electrons. The molecule has 3 atom stereocenters. The first-order chi connectivity index (χ1) is 12.3. The van der Waals surface area contributed by atoms with Crippen LogP contribution in [0.25, 0.3) is 0 Å². The highest BCUT2D eigenvalue weighted by molar-refractivity contribution is 5.68. The Kier molecular flexibility index (Phi) is 4.59. The Labute approximate surface area is 148 Å². The van der Waals surface area contributed by atoms with E-state index in [0.717, 1.165) is 37.2 Å². The highest BCUT2D eigenvalue weighted by atomic mass is 16.6. The van der Waals surface area contributed by atoms with Crippen molar-refractivity contribution in [1.29, 1.82) is 0 Å². The van der Waals surface area contributed by atoms with Crippen LogP contribution in [-0.4, -0.2) is 30.2 Å². The van der Waals surface area contributed by atoms with Gasteiger partial charge in [0.25, 0.3) is 0 Å². The van der Waals surface area contributed by atoms with Crippen LogP contribution in [0.4, 0.5) is 4.79 Å². The summed E-state index contributed by atoms with van der Waals surface area (Å²) in [7, 11) is 0. The van der Waals surface area contributed by atoms with Crippen LogP contribution < -0.4 is 4.74 Å². The zero-order valence-electron chi connectivity index (χ0n) is 14.2. The van der Waals surface area contributed by atoms with E-state index in [1.807, 2.05) is 65.6 Å². The molecule has 1 aliphatic carbocycles. The summed E-state index contributed by atoms with van der Waals surface area (Å²) in [5.74, 6) is 1.99. The molecule has 1 amide bonds. The third-order valence-corrected chi connectivity index (χ3v) is 5.22. The number of para-hydroxylation sites is 1. The molecule has 0 spiro atoms. The molecular weight excluding hydrogens is 314 g/mol. The standard InChI is InChI=1S/C21H23NO3/c23-21(24-15-16-7-3-1-4-8-16)22-13-17-11-20(12-18(17)14-22)25-19-9-5-2-6-10-19/h1-10,17-18,20H,11-15H2/t17-,18?,20?/m0/s1. The van der Waals surface area contributed by atoms with Gasteiger partial charge in [0.15, 0.2) is 0 Å². The third kappa shape index (κ3) is 3.78. The van der Waals surface area contributed by atoms with Gasteiger partial charge in [-0.15, -0.1) is 0 Å². The maximum absolute atomic E-state index is 12.3. The molecule has 1 heterocycles. The van der Waals surface area contributed by atoms with E-state index in [1.54, 1.807) is 0 Å². The number of hydrogen-bond acceptors (Lipinski definition) is 3. The summed E-state index contributed by atoms with van der Waals surface area (Å²) >= 11 is 0. The quantitative estimate of drug-likeness (QED) is 0.843. The Hall–Kier alpha value is -2.49. The molecule has 130 valence electrons. The summed E-state index contributed by atoms with van der Waals surface area (Å²) in [6.07, 6.45) is 2.10. The predicted octanol–water partition coefficient (Wildman–Crippen LogP) is 4.11. The van der Waals surface area contributed by atoms with Crippen molar-refractivity contribution in [3.8, 4) is 5.75 Å². The molecule has 4 nitrogen and oxygen atoms in total. The van der Waals surface area contributed by atoms with E-state index >= 15 is 0 Å². The van der Waals surface area contributed by atoms with E-state index in [2.05, 4.69) is 0 Å². The van der Waals surface area contributed by atoms with Gasteiger partial charge in [-0.25, -0.2) is 4.79 Å². The van der Waals surface area contributed by atoms with Gasteiger partial charge in [0.05, 0.1) is 6.10 Å². The van der Waals surface area contributed by atoms with Crippen LogP contribution in [-0.2, 0) is 11.3 Å². The van der Waals surface area contributed by atoms with Crippen molar-refractivity contribution in [3.05, 3.63) is 66.2 Å². The number of likely N-dealkylation sites (tertiary alicyclic amines) is 1. The summed E-state index contributed by atoms with van der Waals surface area (Å²) in [5, 5.41) is 0. The normalized spacial score (nSPS) is 24.8. The molecule has 1 saturated heterocycles. The Bertz CT molecular complexity index is 690. The van der Waals surface area contributed by atoms with E-state index in [9.17, 15) is 4.79 Å². The lowest BCUT2D eigenvalue weighted by atomic mass is 10.0. The van der Waals surface area contributed by atoms with Crippen molar-refractivity contribution in [2.24, 2.45) is 11.8 Å². The van der Waals surface area contributed by atoms with Crippen LogP contribution in [0.2, 0.25) is 0 Å². The van der Waals surface area contributed by atoms with Gasteiger partial charge in [-0.1, -0.05) is 48.5 Å². The van der Waals surface area contributed by atoms with Crippen molar-refractivity contribution >= 4 is 6.09 Å². The van der Waals surface area contributed by atoms with Crippen molar-refractivity contribution in [2.75, 3.05) is 13.1 Å². The molecule has 0 bridgehead atoms. The van der Waals surface area contributed by atoms with Crippen LogP contribution in [0.15, 0.2) is 60.7 Å². The predicted molar refractivity (Wildman–Crippen MR) is 95.3 cm³/mol. The number of benzene rings is 2. The number of rotatable bonds is 4. The van der Waals surface area contributed by atoms with Crippen LogP contribution in [0.3, 0.4) is 0 Å². The molecule has 4 heteroatoms. The van der Waals surface area contributed by atoms with Gasteiger partial charge in [0, 0.05) is 13.1 Å². The van der Waals surface area contributed by atoms with Crippen molar-refractivity contribution in [2.45, 2.75) is 25.6 Å². The summed E-state index contributed by atoms with van der Waals surface area (Å²) in [6, 6.07) is 19.8. The zero-order chi connectivity index (χ0) is 17.1. The highest BCUT2D eigenvalue weighted by Crippen LogP contribution is 2.39. The number of hydrogen-bond donors (Lipinski definition) is 0. The molecule has 4 rings (SSSR count). The molecule has 0 N–H and O–H groups in total. The van der Waals surface area contributed by atoms with Gasteiger partial charge in [0.1, 0.15) is 12.4 Å². The maximum atomic E-state index is 12.3. The topological polar surface area (TPSA) is 38.8 Å². The molecular formula is C21H23NO3. The Morgan fingerprint density at radius 2 is 1.52 bits per heavy atom. The fourth-order valence-electron chi connectivity index (χ4n) is 3.99. The largest absolute Gasteiger partial charge is 0.490 e. The van der Waals surface area contributed by atoms with Crippen molar-refractivity contribution in [1.82, 2.24) is 4.90 Å². The number of ether oxygens (including phenoxy) is 2. The number of nitrogens with zero attached hydrogens (tertiary/aromatic N) is 1. The van der Waals surface area contributed by atoms with Gasteiger partial charge in [0.2, 0.25) is 0 Å². The molecule has 2 aliphatic rings. The highest BCUT2D eigenvalue weighted by Gasteiger charge is 2.43. The van der Waals surface area contributed by atoms with Gasteiger partial charge >= 0.3 is 6.09 Å². The first kappa shape index (κ1) is 16.0. The van der Waals surface area contributed by atoms with Crippen LogP contribution in [0.1, 0.15) is 18.4 Å². The fraction of sp³-hybridized carbons (Fsp3) is 0.381. The number of carbonyl (C=O) groups excluding carboxylic acids is 1. The minimum absolute atomic E-state index is 0.196. The fourth-order valence-corrected chi connectivity index (χ4v) is 3.99. The lowest BCUT2D eigenvalue weighted by molar-refractivity contribution is 0.0986. The number of fused-ring (bicyclic) bond motifs is 1. The second-order valence-electron chi connectivity index (χ2n) is 6.99. The van der Waals surface area contributed by atoms with E-state index in [0.29, 0.717) is 18.4 Å². The van der Waals surface area contributed by atoms with E-state index in [1.165, 1.54) is 0 Å². The SMILES string of the molecule is O=C(OCc1ccccc1)N1CC2CC(Oc3ccccc3)C[C@H]2C1. The second kappa shape index (κ2) is 7.18. The average Bonchev–Trinajstić information content (AvgIpc) is 3.20. The first-order valence-electron chi connectivity index (χ1n) is 8.95. The second-order valence-corrected chi connectivity index (χ2v) is 6.99. The van der Waals surface area contributed by atoms with E-state index in [-0.39, 0.29) is 12.2 Å². The maximum Gasteiger partial charge on any atom is 0.410 e. The minimum Gasteiger partial charge on any atom is -0.490 e. The molecule has 1 aliphatic heterocycles. The Balaban J connectivity index is 1.25. The third-order valence-electron chi connectivity index (χ3n) is 5.22. The lowest BCUT2D eigenvalue weighted by Crippen LogP contribution is -2.31. The molecule has 2 aromatic rings. The van der Waals surface area contributed by atoms with Crippen LogP contribution >= 0.6 is 0 Å². The van der Waals surface area contributed by atoms with Crippen LogP contribution in [0.5, 0.6) is 5.75 Å². The summed E-state index contributed by atoms with van der Waals surface area (Å²) in [6.45, 7) is 1.91. The summed E-state index contributed by atoms with van der Waals surface area (Å²) in [5.41, 5.74) is 1.02. The summed E-state index contributed by atoms with van der Waals surface area (Å²) < 4.78 is 11.5. The van der Waals surface area contributed by atoms with Gasteiger partial charge in [-0.3, -0.25) is 0 Å². The van der Waals surface area contributed by atoms with E-state index < -0.39 is 0 Å². The van der Waals surface area contributed by atoms with Crippen molar-refractivity contribution < 1.29 is 14.3 Å². The minimum atomic E-state index is -0.196. The lowest BCUT2D eigenvalue weighted by Gasteiger charge is -2.20. The number of carbonyl (C=O) groups is 1. The Morgan fingerprint density at radius 1 is 0.920 bits per heavy atom. The molecule has 2 aromatic carbocycles. The average molecular weight is 337 g/mol. The van der Waals surface area contributed by atoms with Gasteiger partial charge in [-0.2, -0.15) is 0 Å². The molecule has 0 aromatic heterocycles. The smallest absolute Gasteiger partial charge is 0.410 e. The molecule has 25 heavy (non-hydrogen) atoms. The van der Waals surface area contributed by atoms with Gasteiger partial charge < -0.3 is 14.4 Å².